The van der Waals surface area contributed by atoms with Crippen LogP contribution in [0.1, 0.15) is 55.2 Å². The molecule has 0 heteroatoms. The first-order valence-corrected chi connectivity index (χ1v) is 7.97. The number of fused-ring (bicyclic) bond motifs is 3. The Morgan fingerprint density at radius 2 is 1.86 bits per heavy atom. The summed E-state index contributed by atoms with van der Waals surface area (Å²) in [6.07, 6.45) is 13.3. The molecule has 0 heterocycles. The van der Waals surface area contributed by atoms with Crippen molar-refractivity contribution in [2.75, 3.05) is 0 Å². The van der Waals surface area contributed by atoms with Crippen LogP contribution in [0.25, 0.3) is 11.1 Å². The lowest BCUT2D eigenvalue weighted by Gasteiger charge is -2.12. The van der Waals surface area contributed by atoms with Crippen LogP contribution in [0, 0.1) is 12.3 Å². The number of benzene rings is 2. The van der Waals surface area contributed by atoms with Crippen molar-refractivity contribution in [3.05, 3.63) is 65.6 Å². The minimum atomic E-state index is 0.158. The van der Waals surface area contributed by atoms with Gasteiger partial charge in [-0.1, -0.05) is 74.6 Å². The lowest BCUT2D eigenvalue weighted by Crippen LogP contribution is -1.97. The summed E-state index contributed by atoms with van der Waals surface area (Å²) in [6, 6.07) is 15.4. The van der Waals surface area contributed by atoms with Crippen molar-refractivity contribution in [3.8, 4) is 17.0 Å². The van der Waals surface area contributed by atoms with Crippen molar-refractivity contribution in [2.24, 2.45) is 0 Å². The molecule has 2 aromatic carbocycles. The maximum absolute atomic E-state index is 7.61. The Morgan fingerprint density at radius 3 is 2.67 bits per heavy atom. The Morgan fingerprint density at radius 1 is 1.05 bits per heavy atom. The fourth-order valence-electron chi connectivity index (χ4n) is 3.30. The van der Waals surface area contributed by atoms with E-state index < -0.39 is 0 Å². The molecule has 0 aromatic heterocycles. The van der Waals surface area contributed by atoms with E-state index in [1.165, 1.54) is 47.1 Å². The van der Waals surface area contributed by atoms with E-state index in [1.54, 1.807) is 0 Å². The molecule has 3 rings (SSSR count). The van der Waals surface area contributed by atoms with Crippen LogP contribution in [0.4, 0.5) is 0 Å². The summed E-state index contributed by atoms with van der Waals surface area (Å²) in [5.41, 5.74) is 6.83. The molecule has 1 aliphatic carbocycles. The molecule has 2 aromatic rings. The summed E-state index contributed by atoms with van der Waals surface area (Å²) in [5, 5.41) is 0. The predicted molar refractivity (Wildman–Crippen MR) is 88.7 cm³/mol. The quantitative estimate of drug-likeness (QED) is 0.424. The summed E-state index contributed by atoms with van der Waals surface area (Å²) in [5.74, 6) is 2.90. The molecule has 0 nitrogen and oxygen atoms in total. The average Bonchev–Trinajstić information content (AvgIpc) is 2.89. The normalized spacial score (nSPS) is 13.3. The third-order valence-corrected chi connectivity index (χ3v) is 4.49. The SMILES string of the molecule is [C]#CC(CCCCC)c1ccc2c(c1)Cc1ccccc1-2. The Labute approximate surface area is 128 Å². The number of hydrogen-bond acceptors (Lipinski definition) is 0. The highest BCUT2D eigenvalue weighted by Crippen LogP contribution is 2.38. The first kappa shape index (κ1) is 14.0. The monoisotopic (exact) mass is 273 g/mol. The second kappa shape index (κ2) is 6.19. The molecule has 105 valence electrons. The fraction of sp³-hybridized carbons (Fsp3) is 0.333. The minimum absolute atomic E-state index is 0.158. The van der Waals surface area contributed by atoms with Crippen LogP contribution >= 0.6 is 0 Å². The summed E-state index contributed by atoms with van der Waals surface area (Å²) in [4.78, 5) is 0. The highest BCUT2D eigenvalue weighted by Gasteiger charge is 2.19. The Balaban J connectivity index is 1.84. The van der Waals surface area contributed by atoms with Crippen LogP contribution in [-0.2, 0) is 6.42 Å². The molecule has 1 unspecified atom stereocenters. The van der Waals surface area contributed by atoms with Gasteiger partial charge in [0.2, 0.25) is 0 Å². The maximum Gasteiger partial charge on any atom is 0.0462 e. The van der Waals surface area contributed by atoms with Gasteiger partial charge in [-0.05, 0) is 47.1 Å². The molecule has 21 heavy (non-hydrogen) atoms. The van der Waals surface area contributed by atoms with Gasteiger partial charge in [0.05, 0.1) is 0 Å². The summed E-state index contributed by atoms with van der Waals surface area (Å²) in [7, 11) is 0. The van der Waals surface area contributed by atoms with Gasteiger partial charge in [-0.3, -0.25) is 0 Å². The second-order valence-corrected chi connectivity index (χ2v) is 5.94. The van der Waals surface area contributed by atoms with Gasteiger partial charge in [-0.15, -0.1) is 0 Å². The topological polar surface area (TPSA) is 0 Å². The molecule has 0 saturated carbocycles. The molecular weight excluding hydrogens is 252 g/mol. The molecule has 0 bridgehead atoms. The van der Waals surface area contributed by atoms with Gasteiger partial charge in [0, 0.05) is 5.92 Å². The Kier molecular flexibility index (Phi) is 4.11. The average molecular weight is 273 g/mol. The van der Waals surface area contributed by atoms with Gasteiger partial charge in [-0.2, -0.15) is 0 Å². The fourth-order valence-corrected chi connectivity index (χ4v) is 3.30. The van der Waals surface area contributed by atoms with Crippen LogP contribution in [0.2, 0.25) is 0 Å². The largest absolute Gasteiger partial charge is 0.0809 e. The van der Waals surface area contributed by atoms with Crippen LogP contribution in [-0.4, -0.2) is 0 Å². The maximum atomic E-state index is 7.61. The third-order valence-electron chi connectivity index (χ3n) is 4.49. The van der Waals surface area contributed by atoms with Gasteiger partial charge >= 0.3 is 0 Å². The van der Waals surface area contributed by atoms with E-state index in [0.29, 0.717) is 0 Å². The van der Waals surface area contributed by atoms with Crippen molar-refractivity contribution < 1.29 is 0 Å². The van der Waals surface area contributed by atoms with Gasteiger partial charge in [0.25, 0.3) is 0 Å². The number of rotatable bonds is 5. The molecule has 0 fully saturated rings. The number of unbranched alkanes of at least 4 members (excludes halogenated alkanes) is 2. The van der Waals surface area contributed by atoms with E-state index >= 15 is 0 Å². The molecule has 0 amide bonds. The Hall–Kier alpha value is -2.00. The molecule has 0 saturated heterocycles. The van der Waals surface area contributed by atoms with E-state index in [-0.39, 0.29) is 5.92 Å². The van der Waals surface area contributed by atoms with E-state index in [2.05, 4.69) is 55.3 Å². The minimum Gasteiger partial charge on any atom is -0.0809 e. The number of hydrogen-bond donors (Lipinski definition) is 0. The molecule has 1 atom stereocenters. The van der Waals surface area contributed by atoms with E-state index in [0.717, 1.165) is 12.8 Å². The van der Waals surface area contributed by atoms with E-state index in [1.807, 2.05) is 0 Å². The zero-order valence-electron chi connectivity index (χ0n) is 12.7. The van der Waals surface area contributed by atoms with Gasteiger partial charge in [0.1, 0.15) is 0 Å². The van der Waals surface area contributed by atoms with E-state index in [9.17, 15) is 0 Å². The highest BCUT2D eigenvalue weighted by atomic mass is 14.2. The van der Waals surface area contributed by atoms with Crippen molar-refractivity contribution >= 4 is 0 Å². The molecule has 1 aliphatic rings. The first-order valence-electron chi connectivity index (χ1n) is 7.97. The second-order valence-electron chi connectivity index (χ2n) is 5.94. The van der Waals surface area contributed by atoms with Gasteiger partial charge in [0.15, 0.2) is 0 Å². The highest BCUT2D eigenvalue weighted by molar-refractivity contribution is 5.77. The van der Waals surface area contributed by atoms with Crippen molar-refractivity contribution in [1.29, 1.82) is 0 Å². The van der Waals surface area contributed by atoms with Crippen LogP contribution in [0.3, 0.4) is 0 Å². The predicted octanol–water partition coefficient (Wildman–Crippen LogP) is 5.51. The molecule has 0 aliphatic heterocycles. The summed E-state index contributed by atoms with van der Waals surface area (Å²) >= 11 is 0. The van der Waals surface area contributed by atoms with Crippen molar-refractivity contribution in [2.45, 2.75) is 44.9 Å². The van der Waals surface area contributed by atoms with Crippen LogP contribution in [0.5, 0.6) is 0 Å². The van der Waals surface area contributed by atoms with Crippen LogP contribution < -0.4 is 0 Å². The first-order chi connectivity index (χ1) is 10.3. The lowest BCUT2D eigenvalue weighted by molar-refractivity contribution is 0.637. The molecule has 0 N–H and O–H groups in total. The standard InChI is InChI=1S/C21H21/c1-3-5-6-9-16(4-2)17-12-13-21-19(14-17)15-18-10-7-8-11-20(18)21/h7-8,10-14,16H,3,5-6,9,15H2,1H3. The zero-order valence-corrected chi connectivity index (χ0v) is 12.7. The van der Waals surface area contributed by atoms with Crippen molar-refractivity contribution in [3.63, 3.8) is 0 Å². The molecule has 0 spiro atoms. The zero-order chi connectivity index (χ0) is 14.7. The Bertz CT molecular complexity index is 673. The van der Waals surface area contributed by atoms with E-state index in [4.69, 9.17) is 6.42 Å². The third kappa shape index (κ3) is 2.74. The smallest absolute Gasteiger partial charge is 0.0462 e. The van der Waals surface area contributed by atoms with Gasteiger partial charge < -0.3 is 0 Å². The van der Waals surface area contributed by atoms with Gasteiger partial charge in [-0.25, -0.2) is 0 Å². The van der Waals surface area contributed by atoms with Crippen LogP contribution in [0.15, 0.2) is 42.5 Å². The lowest BCUT2D eigenvalue weighted by atomic mass is 9.91. The summed E-state index contributed by atoms with van der Waals surface area (Å²) in [6.45, 7) is 2.22. The molecular formula is C21H21. The summed E-state index contributed by atoms with van der Waals surface area (Å²) < 4.78 is 0. The van der Waals surface area contributed by atoms with Crippen molar-refractivity contribution in [1.82, 2.24) is 0 Å². The molecule has 1 radical (unpaired) electrons.